The van der Waals surface area contributed by atoms with Crippen molar-refractivity contribution >= 4 is 22.7 Å². The smallest absolute Gasteiger partial charge is 0.258 e. The molecule has 3 aromatic rings. The lowest BCUT2D eigenvalue weighted by atomic mass is 10.0. The summed E-state index contributed by atoms with van der Waals surface area (Å²) in [5, 5.41) is 6.94. The van der Waals surface area contributed by atoms with Crippen molar-refractivity contribution in [2.24, 2.45) is 5.92 Å². The van der Waals surface area contributed by atoms with Gasteiger partial charge in [0.15, 0.2) is 6.61 Å². The molecule has 1 aromatic heterocycles. The molecule has 2 amide bonds. The van der Waals surface area contributed by atoms with Crippen LogP contribution >= 0.6 is 0 Å². The van der Waals surface area contributed by atoms with E-state index in [9.17, 15) is 9.59 Å². The van der Waals surface area contributed by atoms with Gasteiger partial charge in [-0.3, -0.25) is 9.59 Å². The largest absolute Gasteiger partial charge is 0.484 e. The second-order valence-corrected chi connectivity index (χ2v) is 7.60. The van der Waals surface area contributed by atoms with Gasteiger partial charge in [-0.25, -0.2) is 0 Å². The highest BCUT2D eigenvalue weighted by Gasteiger charge is 2.24. The summed E-state index contributed by atoms with van der Waals surface area (Å²) in [5.41, 5.74) is 1.19. The van der Waals surface area contributed by atoms with Gasteiger partial charge in [0.1, 0.15) is 11.8 Å². The number of hydrogen-bond donors (Lipinski definition) is 2. The standard InChI is InChI=1S/C24H29N3O3/c1-18(2)23(26-22(28)17-30-20-10-4-3-5-11-20)24(29)25-14-8-15-27-16-13-19-9-6-7-12-21(19)27/h3-7,9-13,16,18,23H,8,14-15,17H2,1-2H3,(H,25,29)(H,26,28)/t23-/m0/s1. The fraction of sp³-hybridized carbons (Fsp3) is 0.333. The molecule has 2 N–H and O–H groups in total. The van der Waals surface area contributed by atoms with Crippen molar-refractivity contribution in [3.8, 4) is 5.75 Å². The normalized spacial score (nSPS) is 12.0. The summed E-state index contributed by atoms with van der Waals surface area (Å²) in [7, 11) is 0. The van der Waals surface area contributed by atoms with E-state index in [4.69, 9.17) is 4.74 Å². The van der Waals surface area contributed by atoms with Crippen LogP contribution in [0.25, 0.3) is 10.9 Å². The van der Waals surface area contributed by atoms with Gasteiger partial charge in [-0.15, -0.1) is 0 Å². The molecule has 2 aromatic carbocycles. The average Bonchev–Trinajstić information content (AvgIpc) is 3.17. The van der Waals surface area contributed by atoms with E-state index >= 15 is 0 Å². The van der Waals surface area contributed by atoms with E-state index in [2.05, 4.69) is 39.6 Å². The quantitative estimate of drug-likeness (QED) is 0.506. The molecule has 158 valence electrons. The average molecular weight is 408 g/mol. The molecule has 6 nitrogen and oxygen atoms in total. The van der Waals surface area contributed by atoms with Crippen LogP contribution in [0.4, 0.5) is 0 Å². The van der Waals surface area contributed by atoms with E-state index in [1.165, 1.54) is 10.9 Å². The van der Waals surface area contributed by atoms with E-state index in [0.29, 0.717) is 12.3 Å². The fourth-order valence-electron chi connectivity index (χ4n) is 3.32. The predicted molar refractivity (Wildman–Crippen MR) is 118 cm³/mol. The van der Waals surface area contributed by atoms with Crippen LogP contribution in [0.3, 0.4) is 0 Å². The first-order valence-electron chi connectivity index (χ1n) is 10.3. The van der Waals surface area contributed by atoms with E-state index in [0.717, 1.165) is 13.0 Å². The lowest BCUT2D eigenvalue weighted by molar-refractivity contribution is -0.131. The third-order valence-electron chi connectivity index (χ3n) is 4.93. The Kier molecular flexibility index (Phi) is 7.49. The lowest BCUT2D eigenvalue weighted by Gasteiger charge is -2.22. The Bertz CT molecular complexity index is 966. The lowest BCUT2D eigenvalue weighted by Crippen LogP contribution is -2.51. The van der Waals surface area contributed by atoms with Crippen LogP contribution < -0.4 is 15.4 Å². The number of fused-ring (bicyclic) bond motifs is 1. The second kappa shape index (κ2) is 10.5. The van der Waals surface area contributed by atoms with Crippen LogP contribution in [0, 0.1) is 5.92 Å². The summed E-state index contributed by atoms with van der Waals surface area (Å²) in [6, 6.07) is 18.9. The molecule has 0 fully saturated rings. The maximum Gasteiger partial charge on any atom is 0.258 e. The predicted octanol–water partition coefficient (Wildman–Crippen LogP) is 3.37. The summed E-state index contributed by atoms with van der Waals surface area (Å²) in [6.07, 6.45) is 2.87. The number of amides is 2. The Balaban J connectivity index is 1.43. The number of rotatable bonds is 10. The van der Waals surface area contributed by atoms with E-state index in [1.807, 2.05) is 44.2 Å². The van der Waals surface area contributed by atoms with Gasteiger partial charge in [0.05, 0.1) is 0 Å². The molecule has 30 heavy (non-hydrogen) atoms. The number of aryl methyl sites for hydroxylation is 1. The maximum absolute atomic E-state index is 12.6. The van der Waals surface area contributed by atoms with Crippen LogP contribution in [-0.2, 0) is 16.1 Å². The number of nitrogens with zero attached hydrogens (tertiary/aromatic N) is 1. The number of aromatic nitrogens is 1. The number of nitrogens with one attached hydrogen (secondary N) is 2. The van der Waals surface area contributed by atoms with Gasteiger partial charge in [-0.2, -0.15) is 0 Å². The fourth-order valence-corrected chi connectivity index (χ4v) is 3.32. The molecule has 0 radical (unpaired) electrons. The first-order valence-corrected chi connectivity index (χ1v) is 10.3. The minimum Gasteiger partial charge on any atom is -0.484 e. The molecule has 0 aliphatic rings. The van der Waals surface area contributed by atoms with Crippen molar-refractivity contribution in [1.82, 2.24) is 15.2 Å². The molecule has 1 heterocycles. The van der Waals surface area contributed by atoms with Gasteiger partial charge in [0, 0.05) is 24.8 Å². The van der Waals surface area contributed by atoms with Crippen LogP contribution in [0.15, 0.2) is 66.9 Å². The van der Waals surface area contributed by atoms with Crippen molar-refractivity contribution in [3.05, 3.63) is 66.9 Å². The zero-order valence-electron chi connectivity index (χ0n) is 17.5. The minimum atomic E-state index is -0.593. The first kappa shape index (κ1) is 21.4. The third kappa shape index (κ3) is 5.86. The molecule has 6 heteroatoms. The number of hydrogen-bond acceptors (Lipinski definition) is 3. The molecule has 0 unspecified atom stereocenters. The van der Waals surface area contributed by atoms with Crippen LogP contribution in [0.2, 0.25) is 0 Å². The molecule has 0 saturated carbocycles. The Labute approximate surface area is 177 Å². The summed E-state index contributed by atoms with van der Waals surface area (Å²) < 4.78 is 7.64. The van der Waals surface area contributed by atoms with Gasteiger partial charge in [-0.05, 0) is 42.0 Å². The van der Waals surface area contributed by atoms with Crippen molar-refractivity contribution in [2.75, 3.05) is 13.2 Å². The molecule has 0 aliphatic heterocycles. The molecule has 0 spiro atoms. The highest BCUT2D eigenvalue weighted by atomic mass is 16.5. The first-order chi connectivity index (χ1) is 14.5. The van der Waals surface area contributed by atoms with Gasteiger partial charge in [0.2, 0.25) is 5.91 Å². The van der Waals surface area contributed by atoms with Crippen LogP contribution in [0.1, 0.15) is 20.3 Å². The van der Waals surface area contributed by atoms with Gasteiger partial charge >= 0.3 is 0 Å². The summed E-state index contributed by atoms with van der Waals surface area (Å²) in [5.74, 6) is 0.108. The zero-order chi connectivity index (χ0) is 21.3. The molecule has 0 bridgehead atoms. The molecule has 1 atom stereocenters. The Morgan fingerprint density at radius 1 is 1.00 bits per heavy atom. The number of benzene rings is 2. The monoisotopic (exact) mass is 407 g/mol. The van der Waals surface area contributed by atoms with E-state index < -0.39 is 6.04 Å². The number of carbonyl (C=O) groups excluding carboxylic acids is 2. The molecule has 0 aliphatic carbocycles. The highest BCUT2D eigenvalue weighted by Crippen LogP contribution is 2.15. The second-order valence-electron chi connectivity index (χ2n) is 7.60. The highest BCUT2D eigenvalue weighted by molar-refractivity contribution is 5.88. The summed E-state index contributed by atoms with van der Waals surface area (Å²) in [4.78, 5) is 24.8. The number of carbonyl (C=O) groups is 2. The zero-order valence-corrected chi connectivity index (χ0v) is 17.5. The summed E-state index contributed by atoms with van der Waals surface area (Å²) >= 11 is 0. The summed E-state index contributed by atoms with van der Waals surface area (Å²) in [6.45, 7) is 5.06. The third-order valence-corrected chi connectivity index (χ3v) is 4.93. The van der Waals surface area contributed by atoms with Gasteiger partial charge < -0.3 is 19.9 Å². The van der Waals surface area contributed by atoms with Crippen LogP contribution in [-0.4, -0.2) is 35.6 Å². The number of ether oxygens (including phenoxy) is 1. The SMILES string of the molecule is CC(C)[C@H](NC(=O)COc1ccccc1)C(=O)NCCCn1ccc2ccccc21. The van der Waals surface area contributed by atoms with Gasteiger partial charge in [-0.1, -0.05) is 50.2 Å². The molecule has 0 saturated heterocycles. The van der Waals surface area contributed by atoms with Gasteiger partial charge in [0.25, 0.3) is 5.91 Å². The topological polar surface area (TPSA) is 72.4 Å². The molecule has 3 rings (SSSR count). The van der Waals surface area contributed by atoms with Crippen molar-refractivity contribution in [3.63, 3.8) is 0 Å². The Morgan fingerprint density at radius 3 is 2.50 bits per heavy atom. The molecular weight excluding hydrogens is 378 g/mol. The molecular formula is C24H29N3O3. The Morgan fingerprint density at radius 2 is 1.73 bits per heavy atom. The van der Waals surface area contributed by atoms with E-state index in [-0.39, 0.29) is 24.3 Å². The van der Waals surface area contributed by atoms with Crippen molar-refractivity contribution in [2.45, 2.75) is 32.9 Å². The van der Waals surface area contributed by atoms with Crippen molar-refractivity contribution in [1.29, 1.82) is 0 Å². The van der Waals surface area contributed by atoms with Crippen LogP contribution in [0.5, 0.6) is 5.75 Å². The Hall–Kier alpha value is -3.28. The van der Waals surface area contributed by atoms with Crippen molar-refractivity contribution < 1.29 is 14.3 Å². The minimum absolute atomic E-state index is 0.0286. The van der Waals surface area contributed by atoms with E-state index in [1.54, 1.807) is 12.1 Å². The maximum atomic E-state index is 12.6. The number of para-hydroxylation sites is 2.